The molecule has 9 atom stereocenters. The number of carbonyl (C=O) groups excluding carboxylic acids is 1. The van der Waals surface area contributed by atoms with Crippen molar-refractivity contribution in [1.29, 1.82) is 0 Å². The molecular formula is C26H37N3O2S. The molecular weight excluding hydrogens is 418 g/mol. The van der Waals surface area contributed by atoms with E-state index in [1.165, 1.54) is 25.7 Å². The molecule has 1 N–H and O–H groups in total. The van der Waals surface area contributed by atoms with Crippen molar-refractivity contribution >= 4 is 23.2 Å². The highest BCUT2D eigenvalue weighted by molar-refractivity contribution is 7.99. The first kappa shape index (κ1) is 22.5. The predicted octanol–water partition coefficient (Wildman–Crippen LogP) is 5.36. The van der Waals surface area contributed by atoms with E-state index in [-0.39, 0.29) is 17.9 Å². The number of thioether (sulfide) groups is 1. The van der Waals surface area contributed by atoms with Crippen LogP contribution in [0.3, 0.4) is 0 Å². The zero-order chi connectivity index (χ0) is 22.7. The average Bonchev–Trinajstić information content (AvgIpc) is 3.33. The summed E-state index contributed by atoms with van der Waals surface area (Å²) in [5.74, 6) is 3.97. The highest BCUT2D eigenvalue weighted by Gasteiger charge is 2.61. The van der Waals surface area contributed by atoms with E-state index < -0.39 is 5.60 Å². The molecule has 32 heavy (non-hydrogen) atoms. The first-order valence-electron chi connectivity index (χ1n) is 12.4. The Bertz CT molecular complexity index is 920. The van der Waals surface area contributed by atoms with Gasteiger partial charge in [0.15, 0.2) is 5.78 Å². The van der Waals surface area contributed by atoms with Crippen LogP contribution in [0.1, 0.15) is 65.2 Å². The van der Waals surface area contributed by atoms with Gasteiger partial charge in [-0.3, -0.25) is 9.48 Å². The molecule has 5 nitrogen and oxygen atoms in total. The van der Waals surface area contributed by atoms with Crippen molar-refractivity contribution in [2.24, 2.45) is 40.9 Å². The maximum Gasteiger partial charge on any atom is 0.224 e. The Kier molecular flexibility index (Phi) is 5.73. The molecule has 0 saturated heterocycles. The number of carbonyl (C=O) groups is 1. The second-order valence-corrected chi connectivity index (χ2v) is 12.8. The molecule has 1 aromatic heterocycles. The minimum absolute atomic E-state index is 0.0781. The van der Waals surface area contributed by atoms with Gasteiger partial charge in [-0.2, -0.15) is 16.9 Å². The summed E-state index contributed by atoms with van der Waals surface area (Å²) in [5.41, 5.74) is 0.108. The number of aromatic nitrogens is 2. The van der Waals surface area contributed by atoms with E-state index in [2.05, 4.69) is 23.1 Å². The normalized spacial score (nSPS) is 45.4. The number of Topliss-reactive ketones (excluding diaryl/α,β-unsaturated/α-hetero) is 1. The number of hydrogen-bond acceptors (Lipinski definition) is 4. The highest BCUT2D eigenvalue weighted by atomic mass is 32.2. The van der Waals surface area contributed by atoms with Gasteiger partial charge in [0.25, 0.3) is 0 Å². The monoisotopic (exact) mass is 455 g/mol. The van der Waals surface area contributed by atoms with Gasteiger partial charge < -0.3 is 5.11 Å². The summed E-state index contributed by atoms with van der Waals surface area (Å²) < 4.78 is 1.66. The molecule has 4 fully saturated rings. The number of ketones is 1. The fraction of sp³-hybridized carbons (Fsp3) is 0.808. The summed E-state index contributed by atoms with van der Waals surface area (Å²) in [6, 6.07) is 0. The second kappa shape index (κ2) is 8.17. The third kappa shape index (κ3) is 3.64. The van der Waals surface area contributed by atoms with E-state index >= 15 is 0 Å². The van der Waals surface area contributed by atoms with Crippen molar-refractivity contribution < 1.29 is 9.90 Å². The highest BCUT2D eigenvalue weighted by Crippen LogP contribution is 2.66. The van der Waals surface area contributed by atoms with E-state index in [0.717, 1.165) is 43.4 Å². The molecule has 0 aliphatic heterocycles. The van der Waals surface area contributed by atoms with Crippen LogP contribution in [0.2, 0.25) is 0 Å². The maximum absolute atomic E-state index is 13.5. The number of fused-ring (bicyclic) bond motifs is 5. The Morgan fingerprint density at radius 1 is 1.25 bits per heavy atom. The summed E-state index contributed by atoms with van der Waals surface area (Å²) in [6.07, 6.45) is 14.5. The zero-order valence-corrected chi connectivity index (χ0v) is 20.5. The summed E-state index contributed by atoms with van der Waals surface area (Å²) in [6.45, 7) is 11.9. The Hall–Kier alpha value is -1.32. The molecule has 1 aromatic rings. The van der Waals surface area contributed by atoms with Gasteiger partial charge in [-0.15, -0.1) is 0 Å². The van der Waals surface area contributed by atoms with E-state index in [9.17, 15) is 9.90 Å². The number of rotatable bonds is 4. The lowest BCUT2D eigenvalue weighted by Crippen LogP contribution is -2.52. The lowest BCUT2D eigenvalue weighted by Gasteiger charge is -2.57. The van der Waals surface area contributed by atoms with Gasteiger partial charge in [0.2, 0.25) is 5.69 Å². The zero-order valence-electron chi connectivity index (χ0n) is 19.7. The number of aliphatic hydroxyl groups is 1. The molecule has 6 heteroatoms. The summed E-state index contributed by atoms with van der Waals surface area (Å²) in [5, 5.41) is 15.5. The first-order chi connectivity index (χ1) is 15.3. The lowest BCUT2D eigenvalue weighted by molar-refractivity contribution is -0.133. The van der Waals surface area contributed by atoms with Gasteiger partial charge >= 0.3 is 0 Å². The van der Waals surface area contributed by atoms with Gasteiger partial charge in [0.05, 0.1) is 24.9 Å². The Balaban J connectivity index is 1.37. The quantitative estimate of drug-likeness (QED) is 0.621. The van der Waals surface area contributed by atoms with Gasteiger partial charge in [-0.25, -0.2) is 4.85 Å². The standard InChI is InChI=1S/C26H37N3O2S/c1-25(31)9-7-18-16(12-25)5-6-20-19(18)8-10-26(2)21(11-23(32-4)24(20)26)22(30)15-29-14-17(27-3)13-28-29/h13-14,16,18-21,23-24,31H,5-12,15H2,1-2,4H3/t16-,18+,19-,20-,21-,23?,24-,25-,26-/m1/s1. The third-order valence-corrected chi connectivity index (χ3v) is 11.0. The van der Waals surface area contributed by atoms with Crippen LogP contribution in [0.5, 0.6) is 0 Å². The molecule has 174 valence electrons. The van der Waals surface area contributed by atoms with Gasteiger partial charge in [0.1, 0.15) is 0 Å². The lowest BCUT2D eigenvalue weighted by atomic mass is 9.49. The molecule has 0 aromatic carbocycles. The smallest absolute Gasteiger partial charge is 0.224 e. The SMILES string of the molecule is [C-]#[N+]c1cnn(CC(=O)[C@H]2CC(SC)[C@H]3[C@@H]4CC[C@@H]5C[C@](C)(O)CC[C@@H]5[C@H]4CC[C@]23C)c1. The average molecular weight is 456 g/mol. The molecule has 1 unspecified atom stereocenters. The molecule has 4 saturated carbocycles. The van der Waals surface area contributed by atoms with Crippen molar-refractivity contribution in [2.45, 2.75) is 82.6 Å². The predicted molar refractivity (Wildman–Crippen MR) is 127 cm³/mol. The molecule has 0 spiro atoms. The molecule has 4 aliphatic rings. The van der Waals surface area contributed by atoms with Crippen molar-refractivity contribution in [3.8, 4) is 0 Å². The minimum Gasteiger partial charge on any atom is -0.390 e. The van der Waals surface area contributed by atoms with Crippen LogP contribution in [-0.4, -0.2) is 37.8 Å². The van der Waals surface area contributed by atoms with Crippen LogP contribution in [0.25, 0.3) is 4.85 Å². The molecule has 0 radical (unpaired) electrons. The Morgan fingerprint density at radius 3 is 2.75 bits per heavy atom. The molecule has 0 amide bonds. The van der Waals surface area contributed by atoms with Crippen molar-refractivity contribution in [2.75, 3.05) is 6.26 Å². The maximum atomic E-state index is 13.5. The van der Waals surface area contributed by atoms with E-state index in [1.54, 1.807) is 17.1 Å². The van der Waals surface area contributed by atoms with Gasteiger partial charge in [-0.1, -0.05) is 6.92 Å². The molecule has 4 aliphatic carbocycles. The molecule has 0 bridgehead atoms. The fourth-order valence-electron chi connectivity index (χ4n) is 8.62. The molecule has 5 rings (SSSR count). The molecule has 1 heterocycles. The Morgan fingerprint density at radius 2 is 2.03 bits per heavy atom. The van der Waals surface area contributed by atoms with Crippen LogP contribution in [0.4, 0.5) is 5.69 Å². The summed E-state index contributed by atoms with van der Waals surface area (Å²) in [7, 11) is 0. The van der Waals surface area contributed by atoms with E-state index in [0.29, 0.717) is 28.6 Å². The summed E-state index contributed by atoms with van der Waals surface area (Å²) in [4.78, 5) is 16.9. The largest absolute Gasteiger partial charge is 0.390 e. The van der Waals surface area contributed by atoms with E-state index in [1.807, 2.05) is 18.7 Å². The van der Waals surface area contributed by atoms with Crippen molar-refractivity contribution in [3.05, 3.63) is 23.8 Å². The van der Waals surface area contributed by atoms with Gasteiger partial charge in [-0.05, 0) is 99.6 Å². The van der Waals surface area contributed by atoms with Crippen LogP contribution >= 0.6 is 11.8 Å². The number of hydrogen-bond donors (Lipinski definition) is 1. The first-order valence-corrected chi connectivity index (χ1v) is 13.7. The number of nitrogens with zero attached hydrogens (tertiary/aromatic N) is 3. The topological polar surface area (TPSA) is 59.5 Å². The fourth-order valence-corrected chi connectivity index (χ4v) is 9.81. The van der Waals surface area contributed by atoms with Crippen LogP contribution < -0.4 is 0 Å². The summed E-state index contributed by atoms with van der Waals surface area (Å²) >= 11 is 1.98. The van der Waals surface area contributed by atoms with Crippen molar-refractivity contribution in [1.82, 2.24) is 9.78 Å². The third-order valence-electron chi connectivity index (χ3n) is 9.96. The van der Waals surface area contributed by atoms with Crippen molar-refractivity contribution in [3.63, 3.8) is 0 Å². The second-order valence-electron chi connectivity index (χ2n) is 11.7. The minimum atomic E-state index is -0.469. The van der Waals surface area contributed by atoms with Crippen LogP contribution in [-0.2, 0) is 11.3 Å². The van der Waals surface area contributed by atoms with Crippen LogP contribution in [0, 0.1) is 47.5 Å². The van der Waals surface area contributed by atoms with E-state index in [4.69, 9.17) is 6.57 Å². The Labute approximate surface area is 196 Å². The van der Waals surface area contributed by atoms with Crippen LogP contribution in [0.15, 0.2) is 12.4 Å². The van der Waals surface area contributed by atoms with Gasteiger partial charge in [0, 0.05) is 17.4 Å².